The molecular weight excluding hydrogens is 560 g/mol. The standard InChI is InChI=1S/C32H52O11/c1-14-5-10-32(41-12-14)15(2)21-20(43-32)11-18-16-6-9-31(39)27(42-28-25(37)22(34)19(33)13-40-28)24(36)23(35)26(38)30(31,4)17(16)7-8-29(18,21)3/h14-28,33-39H,5-13H2,1-4H3/t14-,15+,16-,17+,18+,19-,20+,21+,22+,23-,24+,25-,26-,27+,28+,29+,30+,31+,32-/m1/s1. The predicted octanol–water partition coefficient (Wildman–Crippen LogP) is 0.284. The first kappa shape index (κ1) is 31.2. The molecule has 0 unspecified atom stereocenters. The minimum absolute atomic E-state index is 0.0116. The fraction of sp³-hybridized carbons (Fsp3) is 1.00. The molecule has 11 nitrogen and oxygen atoms in total. The van der Waals surface area contributed by atoms with E-state index in [4.69, 9.17) is 18.9 Å². The molecule has 7 N–H and O–H groups in total. The second-order valence-electron chi connectivity index (χ2n) is 15.9. The van der Waals surface area contributed by atoms with Crippen LogP contribution in [-0.4, -0.2) is 115 Å². The Kier molecular flexibility index (Phi) is 7.45. The van der Waals surface area contributed by atoms with Crippen LogP contribution in [0.4, 0.5) is 0 Å². The van der Waals surface area contributed by atoms with Crippen LogP contribution in [0.15, 0.2) is 0 Å². The van der Waals surface area contributed by atoms with Crippen molar-refractivity contribution in [3.05, 3.63) is 0 Å². The van der Waals surface area contributed by atoms with Crippen LogP contribution in [0, 0.1) is 46.3 Å². The maximum Gasteiger partial charge on any atom is 0.186 e. The first-order valence-electron chi connectivity index (χ1n) is 16.6. The van der Waals surface area contributed by atoms with E-state index in [0.29, 0.717) is 24.2 Å². The fourth-order valence-corrected chi connectivity index (χ4v) is 11.6. The summed E-state index contributed by atoms with van der Waals surface area (Å²) in [6.07, 6.45) is -6.48. The molecule has 0 aromatic rings. The van der Waals surface area contributed by atoms with Crippen molar-refractivity contribution in [3.63, 3.8) is 0 Å². The van der Waals surface area contributed by atoms with Crippen LogP contribution in [0.1, 0.15) is 72.6 Å². The molecule has 7 fully saturated rings. The minimum atomic E-state index is -1.75. The lowest BCUT2D eigenvalue weighted by Crippen LogP contribution is -2.78. The summed E-state index contributed by atoms with van der Waals surface area (Å²) in [6, 6.07) is 0. The highest BCUT2D eigenvalue weighted by Gasteiger charge is 2.75. The molecule has 0 amide bonds. The summed E-state index contributed by atoms with van der Waals surface area (Å²) in [7, 11) is 0. The molecule has 4 aliphatic carbocycles. The van der Waals surface area contributed by atoms with Gasteiger partial charge in [0.2, 0.25) is 0 Å². The minimum Gasteiger partial charge on any atom is -0.390 e. The molecule has 0 radical (unpaired) electrons. The van der Waals surface area contributed by atoms with Gasteiger partial charge in [-0.05, 0) is 73.5 Å². The smallest absolute Gasteiger partial charge is 0.186 e. The van der Waals surface area contributed by atoms with Crippen LogP contribution in [0.3, 0.4) is 0 Å². The quantitative estimate of drug-likeness (QED) is 0.228. The molecule has 7 rings (SSSR count). The molecule has 3 heterocycles. The van der Waals surface area contributed by atoms with Crippen LogP contribution in [0.25, 0.3) is 0 Å². The number of hydrogen-bond acceptors (Lipinski definition) is 11. The molecule has 7 aliphatic rings. The molecule has 11 heteroatoms. The van der Waals surface area contributed by atoms with Crippen molar-refractivity contribution in [1.29, 1.82) is 0 Å². The average molecular weight is 613 g/mol. The van der Waals surface area contributed by atoms with Crippen LogP contribution in [-0.2, 0) is 18.9 Å². The summed E-state index contributed by atoms with van der Waals surface area (Å²) < 4.78 is 24.8. The SMILES string of the molecule is C[C@@H]1CC[C@@]2(OC1)O[C@H]1C[C@H]3[C@@H]4CC[C@]5(O)[C@@H](O[C@@H]6OC[C@@H](O)[C@H](O)[C@H]6O)[C@@H](O)[C@@H](O)[C@@H](O)[C@]5(C)[C@H]4CC[C@]3(C)[C@H]1[C@@H]2C. The number of fused-ring (bicyclic) bond motifs is 7. The highest BCUT2D eigenvalue weighted by molar-refractivity contribution is 5.23. The first-order valence-corrected chi connectivity index (χ1v) is 16.6. The molecule has 3 aliphatic heterocycles. The normalized spacial score (nSPS) is 63.3. The summed E-state index contributed by atoms with van der Waals surface area (Å²) >= 11 is 0. The number of ether oxygens (including phenoxy) is 4. The fourth-order valence-electron chi connectivity index (χ4n) is 11.6. The lowest BCUT2D eigenvalue weighted by molar-refractivity contribution is -0.369. The Morgan fingerprint density at radius 3 is 2.23 bits per heavy atom. The number of aliphatic hydroxyl groups excluding tert-OH is 6. The highest BCUT2D eigenvalue weighted by Crippen LogP contribution is 2.72. The van der Waals surface area contributed by atoms with Crippen molar-refractivity contribution in [1.82, 2.24) is 0 Å². The zero-order valence-electron chi connectivity index (χ0n) is 25.8. The third-order valence-electron chi connectivity index (χ3n) is 14.1. The Morgan fingerprint density at radius 2 is 1.53 bits per heavy atom. The molecule has 246 valence electrons. The van der Waals surface area contributed by atoms with Gasteiger partial charge in [0.1, 0.15) is 42.2 Å². The number of rotatable bonds is 2. The number of aliphatic hydroxyl groups is 7. The van der Waals surface area contributed by atoms with Gasteiger partial charge in [0.15, 0.2) is 12.1 Å². The predicted molar refractivity (Wildman–Crippen MR) is 150 cm³/mol. The molecule has 3 saturated heterocycles. The van der Waals surface area contributed by atoms with Crippen molar-refractivity contribution >= 4 is 0 Å². The van der Waals surface area contributed by atoms with Crippen molar-refractivity contribution in [2.45, 2.75) is 139 Å². The third kappa shape index (κ3) is 4.06. The van der Waals surface area contributed by atoms with E-state index in [-0.39, 0.29) is 42.3 Å². The maximum atomic E-state index is 12.5. The molecular formula is C32H52O11. The van der Waals surface area contributed by atoms with Gasteiger partial charge in [0, 0.05) is 17.8 Å². The van der Waals surface area contributed by atoms with Gasteiger partial charge in [-0.25, -0.2) is 0 Å². The van der Waals surface area contributed by atoms with Gasteiger partial charge in [-0.1, -0.05) is 27.7 Å². The second-order valence-corrected chi connectivity index (χ2v) is 15.9. The van der Waals surface area contributed by atoms with Gasteiger partial charge >= 0.3 is 0 Å². The van der Waals surface area contributed by atoms with Crippen molar-refractivity contribution in [3.8, 4) is 0 Å². The van der Waals surface area contributed by atoms with E-state index in [1.54, 1.807) is 6.92 Å². The van der Waals surface area contributed by atoms with E-state index in [9.17, 15) is 35.7 Å². The Labute approximate surface area is 253 Å². The monoisotopic (exact) mass is 612 g/mol. The van der Waals surface area contributed by atoms with Gasteiger partial charge in [0.05, 0.1) is 25.4 Å². The van der Waals surface area contributed by atoms with E-state index in [1.807, 2.05) is 0 Å². The number of hydrogen-bond donors (Lipinski definition) is 7. The highest BCUT2D eigenvalue weighted by atomic mass is 16.7. The van der Waals surface area contributed by atoms with Gasteiger partial charge in [0.25, 0.3) is 0 Å². The molecule has 19 atom stereocenters. The largest absolute Gasteiger partial charge is 0.390 e. The topological polar surface area (TPSA) is 179 Å². The Bertz CT molecular complexity index is 1070. The van der Waals surface area contributed by atoms with E-state index in [2.05, 4.69) is 20.8 Å². The Balaban J connectivity index is 1.16. The maximum absolute atomic E-state index is 12.5. The molecule has 43 heavy (non-hydrogen) atoms. The third-order valence-corrected chi connectivity index (χ3v) is 14.1. The second kappa shape index (κ2) is 10.3. The first-order chi connectivity index (χ1) is 20.2. The van der Waals surface area contributed by atoms with E-state index >= 15 is 0 Å². The zero-order valence-corrected chi connectivity index (χ0v) is 25.8. The molecule has 1 spiro atoms. The van der Waals surface area contributed by atoms with Crippen molar-refractivity contribution in [2.24, 2.45) is 46.3 Å². The lowest BCUT2D eigenvalue weighted by Gasteiger charge is -2.67. The average Bonchev–Trinajstić information content (AvgIpc) is 3.42. The van der Waals surface area contributed by atoms with Gasteiger partial charge in [-0.15, -0.1) is 0 Å². The summed E-state index contributed by atoms with van der Waals surface area (Å²) in [5, 5.41) is 77.1. The van der Waals surface area contributed by atoms with Crippen molar-refractivity contribution in [2.75, 3.05) is 13.2 Å². The van der Waals surface area contributed by atoms with E-state index in [0.717, 1.165) is 38.7 Å². The van der Waals surface area contributed by atoms with Gasteiger partial charge in [-0.3, -0.25) is 0 Å². The van der Waals surface area contributed by atoms with Gasteiger partial charge < -0.3 is 54.7 Å². The Hall–Kier alpha value is -0.440. The zero-order chi connectivity index (χ0) is 30.9. The molecule has 0 aromatic heterocycles. The van der Waals surface area contributed by atoms with E-state index < -0.39 is 65.8 Å². The Morgan fingerprint density at radius 1 is 0.791 bits per heavy atom. The summed E-state index contributed by atoms with van der Waals surface area (Å²) in [5.74, 6) is 0.958. The van der Waals surface area contributed by atoms with Crippen LogP contribution in [0.2, 0.25) is 0 Å². The summed E-state index contributed by atoms with van der Waals surface area (Å²) in [5.41, 5.74) is -2.97. The molecule has 0 aromatic carbocycles. The molecule has 0 bridgehead atoms. The van der Waals surface area contributed by atoms with Crippen LogP contribution >= 0.6 is 0 Å². The van der Waals surface area contributed by atoms with Crippen LogP contribution < -0.4 is 0 Å². The summed E-state index contributed by atoms with van der Waals surface area (Å²) in [4.78, 5) is 0. The molecule has 4 saturated carbocycles. The summed E-state index contributed by atoms with van der Waals surface area (Å²) in [6.45, 7) is 9.15. The lowest BCUT2D eigenvalue weighted by atomic mass is 9.41. The van der Waals surface area contributed by atoms with E-state index in [1.165, 1.54) is 0 Å². The van der Waals surface area contributed by atoms with Gasteiger partial charge in [-0.2, -0.15) is 0 Å². The van der Waals surface area contributed by atoms with Crippen molar-refractivity contribution < 1.29 is 54.7 Å². The van der Waals surface area contributed by atoms with Crippen LogP contribution in [0.5, 0.6) is 0 Å².